The van der Waals surface area contributed by atoms with Gasteiger partial charge in [-0.05, 0) is 18.9 Å². The number of nitrogens with one attached hydrogen (secondary N) is 1. The molecule has 0 bridgehead atoms. The van der Waals surface area contributed by atoms with E-state index in [1.807, 2.05) is 11.0 Å². The van der Waals surface area contributed by atoms with Crippen molar-refractivity contribution < 1.29 is 9.72 Å². The third-order valence-corrected chi connectivity index (χ3v) is 5.13. The van der Waals surface area contributed by atoms with Crippen molar-refractivity contribution in [3.63, 3.8) is 0 Å². The highest BCUT2D eigenvalue weighted by Crippen LogP contribution is 2.28. The Morgan fingerprint density at radius 3 is 2.48 bits per heavy atom. The Labute approximate surface area is 148 Å². The summed E-state index contributed by atoms with van der Waals surface area (Å²) in [5.74, 6) is 0.103. The summed E-state index contributed by atoms with van der Waals surface area (Å²) in [5.41, 5.74) is 0.810. The fraction of sp³-hybridized carbons (Fsp3) is 0.611. The van der Waals surface area contributed by atoms with E-state index in [0.717, 1.165) is 25.9 Å². The highest BCUT2D eigenvalue weighted by Gasteiger charge is 2.24. The van der Waals surface area contributed by atoms with E-state index in [2.05, 4.69) is 10.2 Å². The van der Waals surface area contributed by atoms with Gasteiger partial charge >= 0.3 is 0 Å². The van der Waals surface area contributed by atoms with Gasteiger partial charge in [0.15, 0.2) is 0 Å². The zero-order chi connectivity index (χ0) is 17.6. The quantitative estimate of drug-likeness (QED) is 0.653. The monoisotopic (exact) mass is 346 g/mol. The van der Waals surface area contributed by atoms with Crippen LogP contribution in [0.5, 0.6) is 0 Å². The van der Waals surface area contributed by atoms with Crippen LogP contribution in [0.4, 0.5) is 11.4 Å². The van der Waals surface area contributed by atoms with Crippen molar-refractivity contribution in [2.75, 3.05) is 37.6 Å². The Kier molecular flexibility index (Phi) is 5.86. The van der Waals surface area contributed by atoms with Crippen LogP contribution in [0.25, 0.3) is 0 Å². The minimum absolute atomic E-state index is 0.103. The Balaban J connectivity index is 1.49. The molecule has 1 aromatic rings. The number of rotatable bonds is 5. The standard InChI is InChI=1S/C18H26N4O3/c23-18(19-15-6-2-1-3-7-15)14-20-10-12-21(13-11-20)16-8-4-5-9-17(16)22(24)25/h4-5,8-9,15H,1-3,6-7,10-14H2,(H,19,23). The van der Waals surface area contributed by atoms with Crippen LogP contribution in [0, 0.1) is 10.1 Å². The molecule has 1 heterocycles. The number of piperazine rings is 1. The smallest absolute Gasteiger partial charge is 0.292 e. The molecule has 0 atom stereocenters. The van der Waals surface area contributed by atoms with Gasteiger partial charge < -0.3 is 10.2 Å². The molecule has 0 radical (unpaired) electrons. The first-order chi connectivity index (χ1) is 12.1. The molecule has 1 amide bonds. The van der Waals surface area contributed by atoms with Crippen molar-refractivity contribution >= 4 is 17.3 Å². The van der Waals surface area contributed by atoms with E-state index in [1.165, 1.54) is 19.3 Å². The van der Waals surface area contributed by atoms with Crippen LogP contribution in [0.1, 0.15) is 32.1 Å². The summed E-state index contributed by atoms with van der Waals surface area (Å²) in [4.78, 5) is 27.2. The van der Waals surface area contributed by atoms with Crippen molar-refractivity contribution in [2.24, 2.45) is 0 Å². The summed E-state index contributed by atoms with van der Waals surface area (Å²) in [6, 6.07) is 7.19. The second-order valence-electron chi connectivity index (χ2n) is 6.91. The molecule has 0 spiro atoms. The van der Waals surface area contributed by atoms with Gasteiger partial charge in [-0.3, -0.25) is 19.8 Å². The predicted octanol–water partition coefficient (Wildman–Crippen LogP) is 2.17. The zero-order valence-corrected chi connectivity index (χ0v) is 14.5. The van der Waals surface area contributed by atoms with Gasteiger partial charge in [0.05, 0.1) is 11.5 Å². The summed E-state index contributed by atoms with van der Waals surface area (Å²) in [5, 5.41) is 14.3. The van der Waals surface area contributed by atoms with Crippen LogP contribution in [0.3, 0.4) is 0 Å². The molecule has 1 aliphatic heterocycles. The Morgan fingerprint density at radius 2 is 1.80 bits per heavy atom. The molecule has 1 N–H and O–H groups in total. The van der Waals surface area contributed by atoms with E-state index < -0.39 is 0 Å². The summed E-state index contributed by atoms with van der Waals surface area (Å²) < 4.78 is 0. The molecule has 2 fully saturated rings. The maximum atomic E-state index is 12.2. The maximum absolute atomic E-state index is 12.2. The van der Waals surface area contributed by atoms with E-state index in [9.17, 15) is 14.9 Å². The Hall–Kier alpha value is -2.15. The number of nitrogens with zero attached hydrogens (tertiary/aromatic N) is 3. The second kappa shape index (κ2) is 8.29. The number of carbonyl (C=O) groups excluding carboxylic acids is 1. The highest BCUT2D eigenvalue weighted by atomic mass is 16.6. The van der Waals surface area contributed by atoms with Gasteiger partial charge in [0, 0.05) is 38.3 Å². The average Bonchev–Trinajstić information content (AvgIpc) is 2.63. The predicted molar refractivity (Wildman–Crippen MR) is 96.8 cm³/mol. The molecule has 3 rings (SSSR count). The topological polar surface area (TPSA) is 78.7 Å². The molecule has 1 aromatic carbocycles. The Morgan fingerprint density at radius 1 is 1.12 bits per heavy atom. The number of anilines is 1. The van der Waals surface area contributed by atoms with Gasteiger partial charge in [-0.15, -0.1) is 0 Å². The number of amides is 1. The number of nitro groups is 1. The highest BCUT2D eigenvalue weighted by molar-refractivity contribution is 5.78. The minimum Gasteiger partial charge on any atom is -0.363 e. The molecular formula is C18H26N4O3. The molecule has 0 aromatic heterocycles. The lowest BCUT2D eigenvalue weighted by Gasteiger charge is -2.35. The second-order valence-corrected chi connectivity index (χ2v) is 6.91. The molecule has 2 aliphatic rings. The number of benzene rings is 1. The lowest BCUT2D eigenvalue weighted by Crippen LogP contribution is -2.50. The summed E-state index contributed by atoms with van der Waals surface area (Å²) in [6.45, 7) is 3.29. The normalized spacial score (nSPS) is 19.6. The van der Waals surface area contributed by atoms with Crippen molar-refractivity contribution in [3.05, 3.63) is 34.4 Å². The SMILES string of the molecule is O=C(CN1CCN(c2ccccc2[N+](=O)[O-])CC1)NC1CCCCC1. The van der Waals surface area contributed by atoms with Gasteiger partial charge in [-0.2, -0.15) is 0 Å². The molecular weight excluding hydrogens is 320 g/mol. The number of hydrogen-bond donors (Lipinski definition) is 1. The van der Waals surface area contributed by atoms with Crippen LogP contribution in [0.15, 0.2) is 24.3 Å². The van der Waals surface area contributed by atoms with Crippen molar-refractivity contribution in [1.29, 1.82) is 0 Å². The average molecular weight is 346 g/mol. The molecule has 25 heavy (non-hydrogen) atoms. The van der Waals surface area contributed by atoms with Crippen LogP contribution < -0.4 is 10.2 Å². The first kappa shape index (κ1) is 17.7. The van der Waals surface area contributed by atoms with Gasteiger partial charge in [-0.25, -0.2) is 0 Å². The van der Waals surface area contributed by atoms with Gasteiger partial charge in [0.1, 0.15) is 5.69 Å². The van der Waals surface area contributed by atoms with E-state index in [1.54, 1.807) is 18.2 Å². The van der Waals surface area contributed by atoms with E-state index in [-0.39, 0.29) is 16.5 Å². The summed E-state index contributed by atoms with van der Waals surface area (Å²) >= 11 is 0. The molecule has 1 saturated heterocycles. The molecule has 7 nitrogen and oxygen atoms in total. The number of nitro benzene ring substituents is 1. The molecule has 136 valence electrons. The minimum atomic E-state index is -0.334. The zero-order valence-electron chi connectivity index (χ0n) is 14.5. The van der Waals surface area contributed by atoms with Gasteiger partial charge in [-0.1, -0.05) is 31.4 Å². The van der Waals surface area contributed by atoms with Crippen molar-refractivity contribution in [1.82, 2.24) is 10.2 Å². The largest absolute Gasteiger partial charge is 0.363 e. The summed E-state index contributed by atoms with van der Waals surface area (Å²) in [6.07, 6.45) is 5.88. The first-order valence-corrected chi connectivity index (χ1v) is 9.13. The lowest BCUT2D eigenvalue weighted by atomic mass is 9.95. The molecule has 1 aliphatic carbocycles. The van der Waals surface area contributed by atoms with Crippen molar-refractivity contribution in [3.8, 4) is 0 Å². The van der Waals surface area contributed by atoms with Crippen LogP contribution in [0.2, 0.25) is 0 Å². The maximum Gasteiger partial charge on any atom is 0.292 e. The van der Waals surface area contributed by atoms with Gasteiger partial charge in [0.25, 0.3) is 5.69 Å². The van der Waals surface area contributed by atoms with Crippen molar-refractivity contribution in [2.45, 2.75) is 38.1 Å². The van der Waals surface area contributed by atoms with Crippen LogP contribution >= 0.6 is 0 Å². The fourth-order valence-electron chi connectivity index (χ4n) is 3.76. The van der Waals surface area contributed by atoms with E-state index >= 15 is 0 Å². The fourth-order valence-corrected chi connectivity index (χ4v) is 3.76. The number of para-hydroxylation sites is 2. The molecule has 7 heteroatoms. The third kappa shape index (κ3) is 4.69. The number of hydrogen-bond acceptors (Lipinski definition) is 5. The third-order valence-electron chi connectivity index (χ3n) is 5.13. The Bertz CT molecular complexity index is 608. The van der Waals surface area contributed by atoms with Gasteiger partial charge in [0.2, 0.25) is 5.91 Å². The number of carbonyl (C=O) groups is 1. The lowest BCUT2D eigenvalue weighted by molar-refractivity contribution is -0.384. The molecule has 0 unspecified atom stereocenters. The van der Waals surface area contributed by atoms with E-state index in [0.29, 0.717) is 31.4 Å². The first-order valence-electron chi connectivity index (χ1n) is 9.13. The summed E-state index contributed by atoms with van der Waals surface area (Å²) in [7, 11) is 0. The van der Waals surface area contributed by atoms with Crippen LogP contribution in [-0.2, 0) is 4.79 Å². The van der Waals surface area contributed by atoms with E-state index in [4.69, 9.17) is 0 Å². The molecule has 1 saturated carbocycles. The van der Waals surface area contributed by atoms with Crippen LogP contribution in [-0.4, -0.2) is 54.5 Å².